The second kappa shape index (κ2) is 5.54. The standard InChI is InChI=1S/C17H25NO/c1-13-12-15-16(8-5-9-17(15)19)18(13)11-10-14-6-3-2-4-7-14/h6,12,17,19H,2-5,7-11H2,1H3. The van der Waals surface area contributed by atoms with Gasteiger partial charge in [0.1, 0.15) is 0 Å². The van der Waals surface area contributed by atoms with Crippen LogP contribution in [-0.4, -0.2) is 9.67 Å². The molecule has 0 amide bonds. The Balaban J connectivity index is 1.75. The number of hydrogen-bond acceptors (Lipinski definition) is 1. The van der Waals surface area contributed by atoms with Gasteiger partial charge in [-0.15, -0.1) is 0 Å². The average Bonchev–Trinajstić information content (AvgIpc) is 2.75. The zero-order valence-corrected chi connectivity index (χ0v) is 12.0. The predicted molar refractivity (Wildman–Crippen MR) is 78.2 cm³/mol. The molecule has 0 aromatic carbocycles. The maximum absolute atomic E-state index is 10.1. The molecule has 2 aliphatic rings. The minimum Gasteiger partial charge on any atom is -0.388 e. The SMILES string of the molecule is Cc1cc2c(n1CCC1=CCCCC1)CCCC2O. The van der Waals surface area contributed by atoms with Crippen molar-refractivity contribution in [3.05, 3.63) is 34.7 Å². The van der Waals surface area contributed by atoms with E-state index in [2.05, 4.69) is 23.6 Å². The molecule has 2 heteroatoms. The minimum atomic E-state index is -0.224. The number of allylic oxidation sites excluding steroid dienone is 2. The van der Waals surface area contributed by atoms with Gasteiger partial charge in [-0.25, -0.2) is 0 Å². The first-order valence-corrected chi connectivity index (χ1v) is 7.80. The van der Waals surface area contributed by atoms with Gasteiger partial charge in [0, 0.05) is 23.5 Å². The van der Waals surface area contributed by atoms with Crippen LogP contribution < -0.4 is 0 Å². The zero-order valence-electron chi connectivity index (χ0n) is 12.0. The van der Waals surface area contributed by atoms with Crippen LogP contribution in [0.4, 0.5) is 0 Å². The van der Waals surface area contributed by atoms with Crippen LogP contribution in [0.3, 0.4) is 0 Å². The van der Waals surface area contributed by atoms with E-state index in [0.717, 1.165) is 25.8 Å². The maximum atomic E-state index is 10.1. The number of aliphatic hydroxyl groups is 1. The summed E-state index contributed by atoms with van der Waals surface area (Å²) in [5.41, 5.74) is 5.56. The van der Waals surface area contributed by atoms with Crippen LogP contribution >= 0.6 is 0 Å². The summed E-state index contributed by atoms with van der Waals surface area (Å²) in [6.45, 7) is 3.28. The highest BCUT2D eigenvalue weighted by atomic mass is 16.3. The van der Waals surface area contributed by atoms with Crippen LogP contribution in [0.1, 0.15) is 68.0 Å². The van der Waals surface area contributed by atoms with E-state index in [-0.39, 0.29) is 6.10 Å². The second-order valence-corrected chi connectivity index (χ2v) is 6.11. The van der Waals surface area contributed by atoms with Gasteiger partial charge in [-0.05, 0) is 64.4 Å². The third-order valence-electron chi connectivity index (χ3n) is 4.74. The Morgan fingerprint density at radius 2 is 2.16 bits per heavy atom. The zero-order chi connectivity index (χ0) is 13.2. The molecule has 0 saturated carbocycles. The Morgan fingerprint density at radius 3 is 2.95 bits per heavy atom. The van der Waals surface area contributed by atoms with Crippen molar-refractivity contribution in [3.63, 3.8) is 0 Å². The molecule has 1 aromatic rings. The molecule has 2 aliphatic carbocycles. The van der Waals surface area contributed by atoms with Gasteiger partial charge >= 0.3 is 0 Å². The number of nitrogens with zero attached hydrogens (tertiary/aromatic N) is 1. The molecule has 0 bridgehead atoms. The maximum Gasteiger partial charge on any atom is 0.0807 e. The molecule has 2 nitrogen and oxygen atoms in total. The molecule has 0 radical (unpaired) electrons. The number of aryl methyl sites for hydroxylation is 1. The summed E-state index contributed by atoms with van der Waals surface area (Å²) >= 11 is 0. The van der Waals surface area contributed by atoms with Gasteiger partial charge in [-0.3, -0.25) is 0 Å². The predicted octanol–water partition coefficient (Wildman–Crippen LogP) is 4.06. The van der Waals surface area contributed by atoms with Crippen LogP contribution in [0.15, 0.2) is 17.7 Å². The summed E-state index contributed by atoms with van der Waals surface area (Å²) in [7, 11) is 0. The molecule has 1 aromatic heterocycles. The van der Waals surface area contributed by atoms with Crippen LogP contribution in [0.25, 0.3) is 0 Å². The summed E-state index contributed by atoms with van der Waals surface area (Å²) in [6.07, 6.45) is 11.9. The van der Waals surface area contributed by atoms with Crippen LogP contribution in [-0.2, 0) is 13.0 Å². The lowest BCUT2D eigenvalue weighted by atomic mass is 9.95. The van der Waals surface area contributed by atoms with E-state index >= 15 is 0 Å². The van der Waals surface area contributed by atoms with Crippen molar-refractivity contribution in [1.82, 2.24) is 4.57 Å². The van der Waals surface area contributed by atoms with E-state index in [0.29, 0.717) is 0 Å². The Hall–Kier alpha value is -1.02. The van der Waals surface area contributed by atoms with Crippen molar-refractivity contribution in [2.24, 2.45) is 0 Å². The van der Waals surface area contributed by atoms with E-state index in [1.807, 2.05) is 0 Å². The van der Waals surface area contributed by atoms with Gasteiger partial charge < -0.3 is 9.67 Å². The largest absolute Gasteiger partial charge is 0.388 e. The fourth-order valence-electron chi connectivity index (χ4n) is 3.64. The molecule has 19 heavy (non-hydrogen) atoms. The number of aliphatic hydroxyl groups excluding tert-OH is 1. The Kier molecular flexibility index (Phi) is 3.79. The van der Waals surface area contributed by atoms with Crippen LogP contribution in [0.5, 0.6) is 0 Å². The Morgan fingerprint density at radius 1 is 1.26 bits per heavy atom. The van der Waals surface area contributed by atoms with Crippen molar-refractivity contribution in [3.8, 4) is 0 Å². The van der Waals surface area contributed by atoms with Crippen molar-refractivity contribution in [1.29, 1.82) is 0 Å². The van der Waals surface area contributed by atoms with Crippen LogP contribution in [0, 0.1) is 6.92 Å². The smallest absolute Gasteiger partial charge is 0.0807 e. The Bertz CT molecular complexity index is 484. The topological polar surface area (TPSA) is 25.2 Å². The third kappa shape index (κ3) is 2.64. The Labute approximate surface area is 116 Å². The van der Waals surface area contributed by atoms with Crippen LogP contribution in [0.2, 0.25) is 0 Å². The molecule has 0 fully saturated rings. The van der Waals surface area contributed by atoms with Gasteiger partial charge in [0.25, 0.3) is 0 Å². The van der Waals surface area contributed by atoms with Crippen molar-refractivity contribution in [2.45, 2.75) is 70.9 Å². The summed E-state index contributed by atoms with van der Waals surface area (Å²) in [4.78, 5) is 0. The first-order valence-electron chi connectivity index (χ1n) is 7.80. The molecule has 1 N–H and O–H groups in total. The van der Waals surface area contributed by atoms with E-state index in [4.69, 9.17) is 0 Å². The quantitative estimate of drug-likeness (QED) is 0.814. The molecular formula is C17H25NO. The molecule has 1 unspecified atom stereocenters. The van der Waals surface area contributed by atoms with Gasteiger partial charge in [0.15, 0.2) is 0 Å². The molecule has 0 spiro atoms. The average molecular weight is 259 g/mol. The minimum absolute atomic E-state index is 0.224. The highest BCUT2D eigenvalue weighted by Gasteiger charge is 2.22. The number of fused-ring (bicyclic) bond motifs is 1. The molecule has 1 heterocycles. The van der Waals surface area contributed by atoms with Crippen molar-refractivity contribution in [2.75, 3.05) is 0 Å². The molecule has 0 aliphatic heterocycles. The van der Waals surface area contributed by atoms with Crippen molar-refractivity contribution >= 4 is 0 Å². The summed E-state index contributed by atoms with van der Waals surface area (Å²) < 4.78 is 2.45. The lowest BCUT2D eigenvalue weighted by Crippen LogP contribution is -2.13. The van der Waals surface area contributed by atoms with Crippen molar-refractivity contribution < 1.29 is 5.11 Å². The first-order chi connectivity index (χ1) is 9.25. The van der Waals surface area contributed by atoms with E-state index in [9.17, 15) is 5.11 Å². The summed E-state index contributed by atoms with van der Waals surface area (Å²) in [5.74, 6) is 0. The number of aromatic nitrogens is 1. The van der Waals surface area contributed by atoms with E-state index < -0.39 is 0 Å². The normalized spacial score (nSPS) is 23.1. The summed E-state index contributed by atoms with van der Waals surface area (Å²) in [6, 6.07) is 2.20. The van der Waals surface area contributed by atoms with E-state index in [1.54, 1.807) is 5.57 Å². The highest BCUT2D eigenvalue weighted by Crippen LogP contribution is 2.32. The monoisotopic (exact) mass is 259 g/mol. The lowest BCUT2D eigenvalue weighted by molar-refractivity contribution is 0.155. The molecule has 1 atom stereocenters. The fraction of sp³-hybridized carbons (Fsp3) is 0.647. The molecule has 3 rings (SSSR count). The second-order valence-electron chi connectivity index (χ2n) is 6.11. The van der Waals surface area contributed by atoms with Gasteiger partial charge in [-0.2, -0.15) is 0 Å². The highest BCUT2D eigenvalue weighted by molar-refractivity contribution is 5.31. The molecular weight excluding hydrogens is 234 g/mol. The summed E-state index contributed by atoms with van der Waals surface area (Å²) in [5, 5.41) is 10.1. The fourth-order valence-corrected chi connectivity index (χ4v) is 3.64. The van der Waals surface area contributed by atoms with E-state index in [1.165, 1.54) is 49.1 Å². The lowest BCUT2D eigenvalue weighted by Gasteiger charge is -2.21. The number of hydrogen-bond donors (Lipinski definition) is 1. The molecule has 104 valence electrons. The van der Waals surface area contributed by atoms with Gasteiger partial charge in [0.05, 0.1) is 6.10 Å². The third-order valence-corrected chi connectivity index (χ3v) is 4.74. The first kappa shape index (κ1) is 13.0. The van der Waals surface area contributed by atoms with Gasteiger partial charge in [0.2, 0.25) is 0 Å². The van der Waals surface area contributed by atoms with Gasteiger partial charge in [-0.1, -0.05) is 11.6 Å². The molecule has 0 saturated heterocycles. The number of rotatable bonds is 3.